The Morgan fingerprint density at radius 2 is 2.17 bits per heavy atom. The van der Waals surface area contributed by atoms with E-state index in [1.807, 2.05) is 18.3 Å². The van der Waals surface area contributed by atoms with Gasteiger partial charge in [-0.15, -0.1) is 0 Å². The first-order chi connectivity index (χ1) is 11.8. The first-order valence-corrected chi connectivity index (χ1v) is 9.05. The SMILES string of the molecule is Fc1cccc(C2CNCCN2Cc2cnc3n2CCCCC3)c1. The maximum atomic E-state index is 13.6. The second kappa shape index (κ2) is 7.03. The summed E-state index contributed by atoms with van der Waals surface area (Å²) in [6, 6.07) is 7.24. The molecule has 2 aromatic rings. The molecular formula is C19H25FN4. The standard InChI is InChI=1S/C19H25FN4/c20-16-6-4-5-15(11-16)18-13-21-8-10-23(18)14-17-12-22-19-7-2-1-3-9-24(17)19/h4-6,11-12,18,21H,1-3,7-10,13-14H2. The lowest BCUT2D eigenvalue weighted by Crippen LogP contribution is -2.45. The Labute approximate surface area is 142 Å². The highest BCUT2D eigenvalue weighted by molar-refractivity contribution is 5.22. The number of hydrogen-bond donors (Lipinski definition) is 1. The molecule has 4 rings (SSSR count). The summed E-state index contributed by atoms with van der Waals surface area (Å²) in [7, 11) is 0. The monoisotopic (exact) mass is 328 g/mol. The lowest BCUT2D eigenvalue weighted by molar-refractivity contribution is 0.149. The fraction of sp³-hybridized carbons (Fsp3) is 0.526. The van der Waals surface area contributed by atoms with E-state index in [0.717, 1.165) is 44.7 Å². The van der Waals surface area contributed by atoms with Crippen molar-refractivity contribution in [2.24, 2.45) is 0 Å². The average Bonchev–Trinajstić information content (AvgIpc) is 2.82. The summed E-state index contributed by atoms with van der Waals surface area (Å²) in [4.78, 5) is 7.11. The zero-order valence-corrected chi connectivity index (χ0v) is 14.0. The van der Waals surface area contributed by atoms with E-state index in [9.17, 15) is 4.39 Å². The van der Waals surface area contributed by atoms with Crippen LogP contribution in [0.5, 0.6) is 0 Å². The van der Waals surface area contributed by atoms with Gasteiger partial charge in [-0.05, 0) is 30.5 Å². The van der Waals surface area contributed by atoms with Crippen molar-refractivity contribution in [3.63, 3.8) is 0 Å². The molecule has 4 nitrogen and oxygen atoms in total. The first kappa shape index (κ1) is 15.8. The number of rotatable bonds is 3. The minimum Gasteiger partial charge on any atom is -0.331 e. The van der Waals surface area contributed by atoms with E-state index in [4.69, 9.17) is 0 Å². The van der Waals surface area contributed by atoms with Crippen LogP contribution >= 0.6 is 0 Å². The molecule has 3 heterocycles. The van der Waals surface area contributed by atoms with Crippen LogP contribution in [0.2, 0.25) is 0 Å². The second-order valence-electron chi connectivity index (χ2n) is 6.87. The second-order valence-corrected chi connectivity index (χ2v) is 6.87. The number of nitrogens with one attached hydrogen (secondary N) is 1. The number of fused-ring (bicyclic) bond motifs is 1. The third-order valence-corrected chi connectivity index (χ3v) is 5.26. The van der Waals surface area contributed by atoms with Crippen LogP contribution in [-0.4, -0.2) is 34.1 Å². The Balaban J connectivity index is 1.57. The first-order valence-electron chi connectivity index (χ1n) is 9.05. The molecule has 1 saturated heterocycles. The average molecular weight is 328 g/mol. The van der Waals surface area contributed by atoms with E-state index in [1.165, 1.54) is 36.8 Å². The lowest BCUT2D eigenvalue weighted by Gasteiger charge is -2.36. The van der Waals surface area contributed by atoms with Crippen molar-refractivity contribution in [2.75, 3.05) is 19.6 Å². The predicted molar refractivity (Wildman–Crippen MR) is 92.2 cm³/mol. The summed E-state index contributed by atoms with van der Waals surface area (Å²) in [5.74, 6) is 1.08. The third-order valence-electron chi connectivity index (χ3n) is 5.26. The van der Waals surface area contributed by atoms with Gasteiger partial charge in [0.15, 0.2) is 0 Å². The molecule has 0 bridgehead atoms. The fourth-order valence-corrected chi connectivity index (χ4v) is 3.97. The van der Waals surface area contributed by atoms with Gasteiger partial charge in [0.2, 0.25) is 0 Å². The topological polar surface area (TPSA) is 33.1 Å². The Morgan fingerprint density at radius 3 is 3.08 bits per heavy atom. The molecule has 24 heavy (non-hydrogen) atoms. The molecule has 1 aromatic heterocycles. The molecule has 128 valence electrons. The van der Waals surface area contributed by atoms with E-state index >= 15 is 0 Å². The number of halogens is 1. The molecule has 0 amide bonds. The third kappa shape index (κ3) is 3.23. The van der Waals surface area contributed by atoms with Gasteiger partial charge >= 0.3 is 0 Å². The van der Waals surface area contributed by atoms with Crippen molar-refractivity contribution in [1.82, 2.24) is 19.8 Å². The summed E-state index contributed by atoms with van der Waals surface area (Å²) < 4.78 is 16.1. The summed E-state index contributed by atoms with van der Waals surface area (Å²) in [5.41, 5.74) is 2.35. The van der Waals surface area contributed by atoms with Crippen molar-refractivity contribution in [3.05, 3.63) is 53.4 Å². The highest BCUT2D eigenvalue weighted by Crippen LogP contribution is 2.26. The van der Waals surface area contributed by atoms with Gasteiger partial charge in [-0.25, -0.2) is 9.37 Å². The number of imidazole rings is 1. The minimum atomic E-state index is -0.156. The minimum absolute atomic E-state index is 0.156. The summed E-state index contributed by atoms with van der Waals surface area (Å²) in [5, 5.41) is 3.45. The van der Waals surface area contributed by atoms with Gasteiger partial charge in [0.05, 0.1) is 5.69 Å². The van der Waals surface area contributed by atoms with Crippen molar-refractivity contribution >= 4 is 0 Å². The smallest absolute Gasteiger partial charge is 0.123 e. The molecule has 1 aromatic carbocycles. The molecule has 1 atom stereocenters. The molecule has 0 aliphatic carbocycles. The van der Waals surface area contributed by atoms with E-state index in [0.29, 0.717) is 0 Å². The van der Waals surface area contributed by atoms with Crippen LogP contribution < -0.4 is 5.32 Å². The van der Waals surface area contributed by atoms with Gasteiger partial charge in [0.1, 0.15) is 11.6 Å². The summed E-state index contributed by atoms with van der Waals surface area (Å²) >= 11 is 0. The van der Waals surface area contributed by atoms with Crippen LogP contribution in [0.25, 0.3) is 0 Å². The molecular weight excluding hydrogens is 303 g/mol. The number of aromatic nitrogens is 2. The molecule has 0 saturated carbocycles. The fourth-order valence-electron chi connectivity index (χ4n) is 3.97. The normalized spacial score (nSPS) is 22.1. The number of benzene rings is 1. The molecule has 0 radical (unpaired) electrons. The highest BCUT2D eigenvalue weighted by Gasteiger charge is 2.25. The van der Waals surface area contributed by atoms with Crippen molar-refractivity contribution < 1.29 is 4.39 Å². The van der Waals surface area contributed by atoms with Gasteiger partial charge in [-0.1, -0.05) is 18.6 Å². The summed E-state index contributed by atoms with van der Waals surface area (Å²) in [6.07, 6.45) is 6.92. The van der Waals surface area contributed by atoms with Gasteiger partial charge in [-0.2, -0.15) is 0 Å². The lowest BCUT2D eigenvalue weighted by atomic mass is 10.0. The molecule has 1 unspecified atom stereocenters. The van der Waals surface area contributed by atoms with E-state index in [1.54, 1.807) is 6.07 Å². The van der Waals surface area contributed by atoms with Crippen molar-refractivity contribution in [2.45, 2.75) is 44.8 Å². The van der Waals surface area contributed by atoms with E-state index in [-0.39, 0.29) is 11.9 Å². The molecule has 1 N–H and O–H groups in total. The van der Waals surface area contributed by atoms with Gasteiger partial charge in [0.25, 0.3) is 0 Å². The largest absolute Gasteiger partial charge is 0.331 e. The van der Waals surface area contributed by atoms with Crippen LogP contribution in [0, 0.1) is 5.82 Å². The van der Waals surface area contributed by atoms with Gasteiger partial charge in [-0.3, -0.25) is 4.90 Å². The Morgan fingerprint density at radius 1 is 1.21 bits per heavy atom. The Bertz CT molecular complexity index is 696. The van der Waals surface area contributed by atoms with E-state index < -0.39 is 0 Å². The maximum Gasteiger partial charge on any atom is 0.123 e. The zero-order valence-electron chi connectivity index (χ0n) is 14.0. The van der Waals surface area contributed by atoms with Crippen LogP contribution in [0.15, 0.2) is 30.5 Å². The van der Waals surface area contributed by atoms with Crippen LogP contribution in [0.4, 0.5) is 4.39 Å². The van der Waals surface area contributed by atoms with Crippen molar-refractivity contribution in [3.8, 4) is 0 Å². The van der Waals surface area contributed by atoms with Gasteiger partial charge < -0.3 is 9.88 Å². The van der Waals surface area contributed by atoms with Gasteiger partial charge in [0, 0.05) is 51.4 Å². The van der Waals surface area contributed by atoms with Crippen LogP contribution in [-0.2, 0) is 19.5 Å². The molecule has 1 fully saturated rings. The zero-order chi connectivity index (χ0) is 16.4. The number of nitrogens with zero attached hydrogens (tertiary/aromatic N) is 3. The Hall–Kier alpha value is -1.72. The van der Waals surface area contributed by atoms with E-state index in [2.05, 4.69) is 19.8 Å². The number of aryl methyl sites for hydroxylation is 1. The van der Waals surface area contributed by atoms with Crippen molar-refractivity contribution in [1.29, 1.82) is 0 Å². The molecule has 5 heteroatoms. The predicted octanol–water partition coefficient (Wildman–Crippen LogP) is 2.90. The molecule has 2 aliphatic rings. The van der Waals surface area contributed by atoms with Crippen LogP contribution in [0.3, 0.4) is 0 Å². The van der Waals surface area contributed by atoms with Crippen LogP contribution in [0.1, 0.15) is 42.4 Å². The number of hydrogen-bond acceptors (Lipinski definition) is 3. The molecule has 0 spiro atoms. The maximum absolute atomic E-state index is 13.6. The quantitative estimate of drug-likeness (QED) is 0.940. The molecule has 2 aliphatic heterocycles. The Kier molecular flexibility index (Phi) is 4.63. The number of piperazine rings is 1. The summed E-state index contributed by atoms with van der Waals surface area (Å²) in [6.45, 7) is 4.79. The highest BCUT2D eigenvalue weighted by atomic mass is 19.1.